The lowest BCUT2D eigenvalue weighted by Crippen LogP contribution is -2.39. The second kappa shape index (κ2) is 6.15. The van der Waals surface area contributed by atoms with Gasteiger partial charge in [-0.2, -0.15) is 0 Å². The Bertz CT molecular complexity index is 1200. The number of aliphatic hydroxyl groups excluding tert-OH is 1. The molecule has 0 saturated carbocycles. The van der Waals surface area contributed by atoms with Crippen molar-refractivity contribution in [2.75, 3.05) is 0 Å². The maximum atomic E-state index is 12.9. The maximum Gasteiger partial charge on any atom is 0.340 e. The van der Waals surface area contributed by atoms with Gasteiger partial charge in [0.15, 0.2) is 5.60 Å². The first-order chi connectivity index (χ1) is 13.3. The van der Waals surface area contributed by atoms with Gasteiger partial charge in [0.2, 0.25) is 0 Å². The summed E-state index contributed by atoms with van der Waals surface area (Å²) in [5, 5.41) is 40.3. The van der Waals surface area contributed by atoms with Crippen LogP contribution < -0.4 is 5.56 Å². The van der Waals surface area contributed by atoms with Crippen LogP contribution in [0.5, 0.6) is 5.75 Å². The number of hydrogen-bond acceptors (Lipinski definition) is 6. The zero-order chi connectivity index (χ0) is 20.2. The molecule has 4 rings (SSSR count). The lowest BCUT2D eigenvalue weighted by molar-refractivity contribution is -0.160. The van der Waals surface area contributed by atoms with Crippen molar-refractivity contribution in [3.63, 3.8) is 0 Å². The molecule has 3 heterocycles. The summed E-state index contributed by atoms with van der Waals surface area (Å²) in [6.07, 6.45) is -0.171. The number of aromatic hydroxyl groups is 1. The van der Waals surface area contributed by atoms with Gasteiger partial charge in [0.05, 0.1) is 30.1 Å². The smallest absolute Gasteiger partial charge is 0.340 e. The normalized spacial score (nSPS) is 14.5. The molecule has 0 aliphatic carbocycles. The van der Waals surface area contributed by atoms with E-state index in [1.165, 1.54) is 23.6 Å². The van der Waals surface area contributed by atoms with E-state index in [2.05, 4.69) is 4.98 Å². The van der Waals surface area contributed by atoms with E-state index in [1.54, 1.807) is 12.1 Å². The number of benzene rings is 1. The van der Waals surface area contributed by atoms with Crippen LogP contribution in [0.1, 0.15) is 30.0 Å². The van der Waals surface area contributed by atoms with E-state index in [9.17, 15) is 30.0 Å². The molecule has 0 amide bonds. The Balaban J connectivity index is 2.02. The van der Waals surface area contributed by atoms with E-state index < -0.39 is 23.7 Å². The number of phenolic OH excluding ortho intramolecular Hbond substituents is 1. The Morgan fingerprint density at radius 1 is 1.29 bits per heavy atom. The van der Waals surface area contributed by atoms with Crippen molar-refractivity contribution in [3.05, 3.63) is 57.4 Å². The van der Waals surface area contributed by atoms with Crippen molar-refractivity contribution in [1.29, 1.82) is 0 Å². The van der Waals surface area contributed by atoms with Crippen molar-refractivity contribution >= 4 is 16.9 Å². The van der Waals surface area contributed by atoms with Gasteiger partial charge in [0.1, 0.15) is 5.75 Å². The molecule has 1 atom stereocenters. The zero-order valence-corrected chi connectivity index (χ0v) is 15.0. The molecular formula is C20H18N2O6. The molecule has 1 aromatic carbocycles. The van der Waals surface area contributed by atoms with E-state index in [4.69, 9.17) is 0 Å². The molecule has 0 bridgehead atoms. The highest BCUT2D eigenvalue weighted by atomic mass is 16.4. The van der Waals surface area contributed by atoms with Gasteiger partial charge < -0.3 is 25.0 Å². The minimum absolute atomic E-state index is 0.0984. The predicted molar refractivity (Wildman–Crippen MR) is 100.0 cm³/mol. The molecule has 4 N–H and O–H groups in total. The average Bonchev–Trinajstić information content (AvgIpc) is 3.03. The minimum Gasteiger partial charge on any atom is -0.508 e. The van der Waals surface area contributed by atoms with Gasteiger partial charge in [-0.05, 0) is 36.8 Å². The number of hydrogen-bond donors (Lipinski definition) is 4. The van der Waals surface area contributed by atoms with Crippen LogP contribution in [0.15, 0.2) is 35.1 Å². The van der Waals surface area contributed by atoms with Crippen LogP contribution in [-0.4, -0.2) is 35.9 Å². The number of rotatable bonds is 4. The fourth-order valence-corrected chi connectivity index (χ4v) is 3.74. The zero-order valence-electron chi connectivity index (χ0n) is 15.0. The van der Waals surface area contributed by atoms with E-state index in [0.717, 1.165) is 5.56 Å². The number of aliphatic hydroxyl groups is 2. The highest BCUT2D eigenvalue weighted by Gasteiger charge is 2.40. The van der Waals surface area contributed by atoms with Gasteiger partial charge in [-0.25, -0.2) is 9.78 Å². The molecule has 2 aromatic heterocycles. The highest BCUT2D eigenvalue weighted by Crippen LogP contribution is 2.36. The summed E-state index contributed by atoms with van der Waals surface area (Å²) in [4.78, 5) is 29.2. The Morgan fingerprint density at radius 3 is 2.68 bits per heavy atom. The Kier molecular flexibility index (Phi) is 3.99. The first-order valence-electron chi connectivity index (χ1n) is 8.77. The fraction of sp³-hybridized carbons (Fsp3) is 0.250. The topological polar surface area (TPSA) is 133 Å². The lowest BCUT2D eigenvalue weighted by Gasteiger charge is -2.25. The molecule has 0 spiro atoms. The first kappa shape index (κ1) is 18.1. The Hall–Kier alpha value is -3.23. The van der Waals surface area contributed by atoms with Crippen molar-refractivity contribution in [2.45, 2.75) is 32.1 Å². The van der Waals surface area contributed by atoms with Crippen LogP contribution in [0, 0.1) is 0 Å². The first-order valence-corrected chi connectivity index (χ1v) is 8.77. The Morgan fingerprint density at radius 2 is 2.04 bits per heavy atom. The SMILES string of the molecule is CC[C@@](O)(C(=O)O)c1cc2n(c(=O)c1CO)Cc1cc3cc(O)ccc3nc1-2. The van der Waals surface area contributed by atoms with E-state index in [-0.39, 0.29) is 29.8 Å². The molecule has 144 valence electrons. The molecule has 0 saturated heterocycles. The van der Waals surface area contributed by atoms with Crippen LogP contribution in [-0.2, 0) is 23.5 Å². The number of carboxylic acid groups (broad SMARTS) is 1. The van der Waals surface area contributed by atoms with Crippen LogP contribution >= 0.6 is 0 Å². The van der Waals surface area contributed by atoms with Crippen LogP contribution in [0.2, 0.25) is 0 Å². The largest absolute Gasteiger partial charge is 0.508 e. The number of pyridine rings is 2. The summed E-state index contributed by atoms with van der Waals surface area (Å²) in [6.45, 7) is 1.00. The average molecular weight is 382 g/mol. The molecule has 0 fully saturated rings. The monoisotopic (exact) mass is 382 g/mol. The fourth-order valence-electron chi connectivity index (χ4n) is 3.74. The molecule has 0 radical (unpaired) electrons. The van der Waals surface area contributed by atoms with Gasteiger partial charge in [-0.3, -0.25) is 4.79 Å². The standard InChI is InChI=1S/C20H18N2O6/c1-2-20(28,19(26)27)14-7-16-17-11(8-22(16)18(25)13(14)9-23)5-10-6-12(24)3-4-15(10)21-17/h3-7,23-24,28H,2,8-9H2,1H3,(H,26,27)/t20-/m0/s1. The molecule has 28 heavy (non-hydrogen) atoms. The minimum atomic E-state index is -2.29. The number of carboxylic acids is 1. The quantitative estimate of drug-likeness (QED) is 0.418. The number of nitrogens with zero attached hydrogens (tertiary/aromatic N) is 2. The molecular weight excluding hydrogens is 364 g/mol. The second-order valence-electron chi connectivity index (χ2n) is 6.86. The number of carbonyl (C=O) groups is 1. The third-order valence-corrected chi connectivity index (χ3v) is 5.32. The lowest BCUT2D eigenvalue weighted by atomic mass is 9.87. The number of aromatic nitrogens is 2. The number of fused-ring (bicyclic) bond motifs is 4. The molecule has 3 aromatic rings. The van der Waals surface area contributed by atoms with Crippen molar-refractivity contribution in [2.24, 2.45) is 0 Å². The van der Waals surface area contributed by atoms with Crippen LogP contribution in [0.3, 0.4) is 0 Å². The van der Waals surface area contributed by atoms with Gasteiger partial charge in [0, 0.05) is 22.1 Å². The van der Waals surface area contributed by atoms with Gasteiger partial charge in [0.25, 0.3) is 5.56 Å². The summed E-state index contributed by atoms with van der Waals surface area (Å²) in [5.41, 5.74) is -0.903. The van der Waals surface area contributed by atoms with E-state index in [1.807, 2.05) is 6.07 Å². The van der Waals surface area contributed by atoms with Crippen molar-refractivity contribution in [3.8, 4) is 17.1 Å². The summed E-state index contributed by atoms with van der Waals surface area (Å²) in [5.74, 6) is -1.39. The number of phenols is 1. The molecule has 0 unspecified atom stereocenters. The Labute approximate surface area is 159 Å². The van der Waals surface area contributed by atoms with Crippen molar-refractivity contribution in [1.82, 2.24) is 9.55 Å². The third kappa shape index (κ3) is 2.42. The van der Waals surface area contributed by atoms with Gasteiger partial charge in [-0.1, -0.05) is 6.92 Å². The van der Waals surface area contributed by atoms with E-state index in [0.29, 0.717) is 22.3 Å². The summed E-state index contributed by atoms with van der Waals surface area (Å²) in [7, 11) is 0. The maximum absolute atomic E-state index is 12.9. The summed E-state index contributed by atoms with van der Waals surface area (Å²) in [6, 6.07) is 7.96. The highest BCUT2D eigenvalue weighted by molar-refractivity contribution is 5.86. The van der Waals surface area contributed by atoms with Crippen molar-refractivity contribution < 1.29 is 25.2 Å². The molecule has 1 aliphatic rings. The van der Waals surface area contributed by atoms with E-state index >= 15 is 0 Å². The predicted octanol–water partition coefficient (Wildman–Crippen LogP) is 1.31. The molecule has 8 heteroatoms. The number of aliphatic carboxylic acids is 1. The van der Waals surface area contributed by atoms with Gasteiger partial charge >= 0.3 is 5.97 Å². The second-order valence-corrected chi connectivity index (χ2v) is 6.86. The summed E-state index contributed by atoms with van der Waals surface area (Å²) >= 11 is 0. The molecule has 8 nitrogen and oxygen atoms in total. The summed E-state index contributed by atoms with van der Waals surface area (Å²) < 4.78 is 1.41. The third-order valence-electron chi connectivity index (χ3n) is 5.32. The van der Waals surface area contributed by atoms with Crippen LogP contribution in [0.25, 0.3) is 22.3 Å². The van der Waals surface area contributed by atoms with Crippen LogP contribution in [0.4, 0.5) is 0 Å². The van der Waals surface area contributed by atoms with Gasteiger partial charge in [-0.15, -0.1) is 0 Å². The molecule has 1 aliphatic heterocycles.